The van der Waals surface area contributed by atoms with Crippen LogP contribution in [0.4, 0.5) is 0 Å². The Kier molecular flexibility index (Phi) is 33.0. The Bertz CT molecular complexity index is 3510. The first kappa shape index (κ1) is 86.3. The van der Waals surface area contributed by atoms with E-state index in [4.69, 9.17) is 10.5 Å². The predicted octanol–water partition coefficient (Wildman–Crippen LogP) is -3.05. The number of aliphatic hydroxyl groups excluding tert-OH is 5. The van der Waals surface area contributed by atoms with E-state index in [1.165, 1.54) is 55.0 Å². The summed E-state index contributed by atoms with van der Waals surface area (Å²) in [5.41, 5.74) is 6.19. The number of aromatic hydroxyl groups is 1. The van der Waals surface area contributed by atoms with Crippen LogP contribution >= 0.6 is 0 Å². The number of likely N-dealkylation sites (N-methyl/N-ethyl adjacent to an activating group) is 1. The largest absolute Gasteiger partial charge is 0.508 e. The van der Waals surface area contributed by atoms with Gasteiger partial charge in [-0.2, -0.15) is 0 Å². The van der Waals surface area contributed by atoms with Gasteiger partial charge in [-0.1, -0.05) is 82.7 Å². The van der Waals surface area contributed by atoms with Gasteiger partial charge in [-0.05, 0) is 120 Å². The molecule has 16 unspecified atom stereocenters. The zero-order valence-corrected chi connectivity index (χ0v) is 61.9. The van der Waals surface area contributed by atoms with Crippen LogP contribution in [0.1, 0.15) is 143 Å². The van der Waals surface area contributed by atoms with Crippen molar-refractivity contribution in [1.29, 1.82) is 0 Å². The second-order valence-corrected chi connectivity index (χ2v) is 28.4. The molecule has 6 rings (SSSR count). The van der Waals surface area contributed by atoms with Crippen molar-refractivity contribution in [1.82, 2.24) is 62.1 Å². The van der Waals surface area contributed by atoms with Crippen LogP contribution < -0.4 is 48.3 Å². The van der Waals surface area contributed by atoms with Gasteiger partial charge in [-0.15, -0.1) is 0 Å². The fraction of sp³-hybridized carbons (Fsp3) is 0.616. The number of nitrogens with one attached hydrogen (secondary N) is 8. The Hall–Kier alpha value is -9.64. The average Bonchev–Trinajstić information content (AvgIpc) is 1.69. The Morgan fingerprint density at radius 3 is 1.82 bits per heavy atom. The first-order chi connectivity index (χ1) is 50.7. The molecule has 590 valence electrons. The average molecular weight is 1500 g/mol. The number of phenolic OH excluding ortho intramolecular Hbond substituents is 1. The number of rotatable bonds is 22. The van der Waals surface area contributed by atoms with Crippen LogP contribution in [0.3, 0.4) is 0 Å². The molecule has 0 saturated carbocycles. The molecule has 16 atom stereocenters. The number of hydrogen-bond donors (Lipinski definition) is 15. The maximum Gasteiger partial charge on any atom is 0.329 e. The van der Waals surface area contributed by atoms with Crippen LogP contribution in [0.15, 0.2) is 66.4 Å². The number of amides is 13. The standard InChI is InChI=1S/C73H107N13O21/c1-9-40(5)60-68(101)80-51(38-87)65(98)76-47(10-2)64(97)82-61(41(6)88)69(102)78-49(27-24-43-17-12-11-13-18-43)71(104)85-31-14-19-52(85)66(99)79-50(35-46(91)36-57(56(92)33-39(3)4)107-73(106)55(83(8)42(7)89)34-44-22-25-45(90)26-23-44)62(95)70(103)77-48(28-29-58(74)93)63(96)75-37-59(94)84-30-16-21-54(84)72(105)86-32-15-20-53(86)67(100)81-60/h10-13,17-18,22-23,25-26,39-41,46,48-57,60-62,87-88,90-92,95H,9,14-16,19-21,24,27-38H2,1-8H3,(H2,74,93)(H,75,96)(H,76,98)(H,77,103)(H,78,102)(H,79,99)(H,80,101)(H,81,100)(H,82,97). The molecule has 2 aromatic carbocycles. The molecule has 4 aliphatic rings. The molecule has 4 heterocycles. The number of aliphatic hydroxyl groups is 5. The summed E-state index contributed by atoms with van der Waals surface area (Å²) in [4.78, 5) is 203. The van der Waals surface area contributed by atoms with E-state index in [1.807, 2.05) is 0 Å². The number of hydrogen-bond acceptors (Lipinski definition) is 21. The van der Waals surface area contributed by atoms with Crippen molar-refractivity contribution in [2.24, 2.45) is 17.6 Å². The number of carbonyl (C=O) groups is 14. The number of nitrogens with zero attached hydrogens (tertiary/aromatic N) is 4. The maximum absolute atomic E-state index is 15.2. The smallest absolute Gasteiger partial charge is 0.329 e. The molecule has 107 heavy (non-hydrogen) atoms. The van der Waals surface area contributed by atoms with Gasteiger partial charge in [0.2, 0.25) is 65.0 Å². The topological polar surface area (TPSA) is 505 Å². The molecule has 16 N–H and O–H groups in total. The summed E-state index contributed by atoms with van der Waals surface area (Å²) < 4.78 is 5.96. The van der Waals surface area contributed by atoms with Gasteiger partial charge in [-0.3, -0.25) is 62.3 Å². The molecule has 0 bridgehead atoms. The second kappa shape index (κ2) is 40.9. The predicted molar refractivity (Wildman–Crippen MR) is 383 cm³/mol. The summed E-state index contributed by atoms with van der Waals surface area (Å²) in [7, 11) is 1.35. The third kappa shape index (κ3) is 24.4. The number of allylic oxidation sites excluding steroid dienone is 1. The minimum atomic E-state index is -2.46. The zero-order valence-electron chi connectivity index (χ0n) is 61.9. The van der Waals surface area contributed by atoms with Crippen molar-refractivity contribution in [2.75, 3.05) is 39.8 Å². The molecular weight excluding hydrogens is 1390 g/mol. The number of benzene rings is 2. The first-order valence-corrected chi connectivity index (χ1v) is 36.5. The van der Waals surface area contributed by atoms with E-state index in [9.17, 15) is 88.2 Å². The van der Waals surface area contributed by atoms with Gasteiger partial charge in [0.1, 0.15) is 71.9 Å². The lowest BCUT2D eigenvalue weighted by atomic mass is 9.93. The molecule has 0 aliphatic carbocycles. The number of aryl methyl sites for hydroxylation is 1. The minimum Gasteiger partial charge on any atom is -0.508 e. The molecule has 13 amide bonds. The van der Waals surface area contributed by atoms with E-state index >= 15 is 9.59 Å². The van der Waals surface area contributed by atoms with Crippen molar-refractivity contribution >= 4 is 82.8 Å². The molecule has 4 aliphatic heterocycles. The molecular formula is C73H107N13O21. The van der Waals surface area contributed by atoms with Gasteiger partial charge in [-0.25, -0.2) is 4.79 Å². The highest BCUT2D eigenvalue weighted by atomic mass is 16.6. The summed E-state index contributed by atoms with van der Waals surface area (Å²) >= 11 is 0. The third-order valence-electron chi connectivity index (χ3n) is 19.9. The second-order valence-electron chi connectivity index (χ2n) is 28.4. The molecule has 4 saturated heterocycles. The van der Waals surface area contributed by atoms with Crippen LogP contribution in [0.25, 0.3) is 0 Å². The van der Waals surface area contributed by atoms with Gasteiger partial charge >= 0.3 is 5.97 Å². The Morgan fingerprint density at radius 1 is 0.664 bits per heavy atom. The Balaban J connectivity index is 1.40. The Labute approximate surface area is 621 Å². The lowest BCUT2D eigenvalue weighted by Gasteiger charge is -2.33. The SMILES string of the molecule is CC=C1NC(=O)C(CO)NC(=O)C(C(C)CC)NC(=O)C2CCCN2C(=O)C2CCCN2C(=O)CNC(=O)C(CCC(N)=O)NC(=O)C(O)C(CC(O)CC(OC(=O)C(Cc2ccc(O)cc2)N(C)C(C)=O)C(O)CC(C)C)NC(=O)C2CCCN2C(=O)C(CCc2ccccc2)NC(=O)C(C(C)O)NC1=O. The molecule has 0 aromatic heterocycles. The van der Waals surface area contributed by atoms with E-state index < -0.39 is 224 Å². The summed E-state index contributed by atoms with van der Waals surface area (Å²) in [5.74, 6) is -14.4. The van der Waals surface area contributed by atoms with Gasteiger partial charge < -0.3 is 103 Å². The molecule has 0 spiro atoms. The van der Waals surface area contributed by atoms with Crippen LogP contribution in [0.5, 0.6) is 5.75 Å². The summed E-state index contributed by atoms with van der Waals surface area (Å²) in [5, 5.41) is 87.5. The minimum absolute atomic E-state index is 0.0187. The normalized spacial score (nSPS) is 26.1. The molecule has 34 nitrogen and oxygen atoms in total. The van der Waals surface area contributed by atoms with Crippen LogP contribution in [0.2, 0.25) is 0 Å². The van der Waals surface area contributed by atoms with Crippen molar-refractivity contribution in [3.8, 4) is 5.75 Å². The highest BCUT2D eigenvalue weighted by Crippen LogP contribution is 2.28. The molecule has 4 fully saturated rings. The quantitative estimate of drug-likeness (QED) is 0.0411. The summed E-state index contributed by atoms with van der Waals surface area (Å²) in [6.45, 7) is 8.70. The number of phenols is 1. The van der Waals surface area contributed by atoms with Crippen LogP contribution in [-0.2, 0) is 84.7 Å². The lowest BCUT2D eigenvalue weighted by Crippen LogP contribution is -2.61. The van der Waals surface area contributed by atoms with Crippen molar-refractivity contribution in [3.05, 3.63) is 77.5 Å². The van der Waals surface area contributed by atoms with E-state index in [1.54, 1.807) is 58.0 Å². The van der Waals surface area contributed by atoms with Gasteiger partial charge in [0.05, 0.1) is 37.5 Å². The van der Waals surface area contributed by atoms with Gasteiger partial charge in [0, 0.05) is 52.9 Å². The van der Waals surface area contributed by atoms with Crippen molar-refractivity contribution < 1.29 is 102 Å². The summed E-state index contributed by atoms with van der Waals surface area (Å²) in [6.07, 6.45) is -9.41. The number of esters is 1. The lowest BCUT2D eigenvalue weighted by molar-refractivity contribution is -0.166. The van der Waals surface area contributed by atoms with E-state index in [0.29, 0.717) is 30.4 Å². The Morgan fingerprint density at radius 2 is 1.24 bits per heavy atom. The number of fused-ring (bicyclic) bond motifs is 3. The fourth-order valence-electron chi connectivity index (χ4n) is 13.5. The van der Waals surface area contributed by atoms with Gasteiger partial charge in [0.15, 0.2) is 6.10 Å². The van der Waals surface area contributed by atoms with Crippen LogP contribution in [-0.4, -0.2) is 264 Å². The number of ether oxygens (including phenoxy) is 1. The van der Waals surface area contributed by atoms with E-state index in [2.05, 4.69) is 42.5 Å². The third-order valence-corrected chi connectivity index (χ3v) is 19.9. The number of primary amides is 1. The van der Waals surface area contributed by atoms with E-state index in [-0.39, 0.29) is 82.7 Å². The molecule has 34 heteroatoms. The van der Waals surface area contributed by atoms with E-state index in [0.717, 1.165) is 22.8 Å². The maximum atomic E-state index is 15.2. The monoisotopic (exact) mass is 1500 g/mol. The molecule has 2 aromatic rings. The zero-order chi connectivity index (χ0) is 79.1. The van der Waals surface area contributed by atoms with Crippen LogP contribution in [0, 0.1) is 11.8 Å². The summed E-state index contributed by atoms with van der Waals surface area (Å²) in [6, 6.07) is -0.827. The first-order valence-electron chi connectivity index (χ1n) is 36.5. The van der Waals surface area contributed by atoms with Crippen molar-refractivity contribution in [2.45, 2.75) is 236 Å². The fourth-order valence-corrected chi connectivity index (χ4v) is 13.5. The highest BCUT2D eigenvalue weighted by molar-refractivity contribution is 6.03. The number of nitrogens with two attached hydrogens (primary N) is 1. The highest BCUT2D eigenvalue weighted by Gasteiger charge is 2.46. The van der Waals surface area contributed by atoms with Gasteiger partial charge in [0.25, 0.3) is 11.8 Å². The van der Waals surface area contributed by atoms with Crippen molar-refractivity contribution in [3.63, 3.8) is 0 Å². The number of carbonyl (C=O) groups excluding carboxylic acids is 14. The molecule has 0 radical (unpaired) electrons.